The van der Waals surface area contributed by atoms with Gasteiger partial charge in [-0.1, -0.05) is 31.0 Å². The molecule has 2 unspecified atom stereocenters. The number of rotatable bonds is 3. The molecule has 1 saturated heterocycles. The molecular weight excluding hydrogens is 248 g/mol. The predicted octanol–water partition coefficient (Wildman–Crippen LogP) is 2.60. The molecule has 1 saturated carbocycles. The van der Waals surface area contributed by atoms with Gasteiger partial charge in [0.2, 0.25) is 0 Å². The number of hydrogen-bond donors (Lipinski definition) is 1. The van der Waals surface area contributed by atoms with Crippen LogP contribution in [0.1, 0.15) is 42.4 Å². The van der Waals surface area contributed by atoms with Crippen LogP contribution in [0.2, 0.25) is 0 Å². The van der Waals surface area contributed by atoms with Gasteiger partial charge in [0, 0.05) is 25.7 Å². The van der Waals surface area contributed by atoms with E-state index in [1.54, 1.807) is 0 Å². The predicted molar refractivity (Wildman–Crippen MR) is 81.5 cm³/mol. The zero-order valence-electron chi connectivity index (χ0n) is 12.5. The third-order valence-corrected chi connectivity index (χ3v) is 4.86. The molecule has 1 aliphatic heterocycles. The van der Waals surface area contributed by atoms with Crippen LogP contribution in [0.15, 0.2) is 18.2 Å². The summed E-state index contributed by atoms with van der Waals surface area (Å²) in [6, 6.07) is 7.28. The van der Waals surface area contributed by atoms with Crippen LogP contribution >= 0.6 is 0 Å². The maximum Gasteiger partial charge on any atom is 0.0731 e. The van der Waals surface area contributed by atoms with Crippen LogP contribution in [0.5, 0.6) is 0 Å². The summed E-state index contributed by atoms with van der Waals surface area (Å²) >= 11 is 0. The van der Waals surface area contributed by atoms with Crippen LogP contribution in [0.4, 0.5) is 0 Å². The highest BCUT2D eigenvalue weighted by atomic mass is 16.5. The maximum atomic E-state index is 5.96. The maximum absolute atomic E-state index is 5.96. The molecule has 2 aliphatic rings. The largest absolute Gasteiger partial charge is 0.375 e. The van der Waals surface area contributed by atoms with Crippen molar-refractivity contribution in [3.05, 3.63) is 34.9 Å². The average Bonchev–Trinajstić information content (AvgIpc) is 2.49. The van der Waals surface area contributed by atoms with E-state index >= 15 is 0 Å². The van der Waals surface area contributed by atoms with Gasteiger partial charge in [-0.2, -0.15) is 0 Å². The Morgan fingerprint density at radius 1 is 1.30 bits per heavy atom. The molecule has 1 aromatic rings. The van der Waals surface area contributed by atoms with Crippen molar-refractivity contribution in [3.63, 3.8) is 0 Å². The number of aryl methyl sites for hydroxylation is 1. The Balaban J connectivity index is 1.72. The van der Waals surface area contributed by atoms with Crippen molar-refractivity contribution < 1.29 is 4.74 Å². The van der Waals surface area contributed by atoms with Crippen molar-refractivity contribution in [3.8, 4) is 0 Å². The second-order valence-corrected chi connectivity index (χ2v) is 6.20. The molecule has 1 aromatic carbocycles. The molecule has 2 N–H and O–H groups in total. The van der Waals surface area contributed by atoms with E-state index in [2.05, 4.69) is 30.0 Å². The van der Waals surface area contributed by atoms with E-state index in [1.165, 1.54) is 42.4 Å². The summed E-state index contributed by atoms with van der Waals surface area (Å²) in [4.78, 5) is 2.64. The lowest BCUT2D eigenvalue weighted by Gasteiger charge is -2.44. The fourth-order valence-electron chi connectivity index (χ4n) is 3.65. The smallest absolute Gasteiger partial charge is 0.0731 e. The number of morpholine rings is 1. The molecule has 0 bridgehead atoms. The van der Waals surface area contributed by atoms with Gasteiger partial charge in [-0.15, -0.1) is 0 Å². The molecule has 2 fully saturated rings. The fourth-order valence-corrected chi connectivity index (χ4v) is 3.65. The van der Waals surface area contributed by atoms with Crippen LogP contribution in [-0.4, -0.2) is 30.2 Å². The Morgan fingerprint density at radius 2 is 2.15 bits per heavy atom. The van der Waals surface area contributed by atoms with E-state index in [9.17, 15) is 0 Å². The number of nitrogens with zero attached hydrogens (tertiary/aromatic N) is 1. The van der Waals surface area contributed by atoms with E-state index in [1.807, 2.05) is 0 Å². The van der Waals surface area contributed by atoms with Gasteiger partial charge in [-0.25, -0.2) is 0 Å². The van der Waals surface area contributed by atoms with Gasteiger partial charge >= 0.3 is 0 Å². The first-order chi connectivity index (χ1) is 9.78. The highest BCUT2D eigenvalue weighted by Crippen LogP contribution is 2.29. The zero-order chi connectivity index (χ0) is 13.9. The fraction of sp³-hybridized carbons (Fsp3) is 0.647. The molecule has 0 aromatic heterocycles. The van der Waals surface area contributed by atoms with Crippen LogP contribution in [0, 0.1) is 6.92 Å². The Morgan fingerprint density at radius 3 is 2.95 bits per heavy atom. The second-order valence-electron chi connectivity index (χ2n) is 6.20. The molecule has 2 atom stereocenters. The standard InChI is InChI=1S/C17H26N2O/c1-13-10-14(11-18)6-7-15(13)12-19-8-9-20-17-5-3-2-4-16(17)19/h6-7,10,16-17H,2-5,8-9,11-12,18H2,1H3. The average molecular weight is 274 g/mol. The summed E-state index contributed by atoms with van der Waals surface area (Å²) in [5, 5.41) is 0. The van der Waals surface area contributed by atoms with Gasteiger partial charge < -0.3 is 10.5 Å². The van der Waals surface area contributed by atoms with Gasteiger partial charge in [-0.3, -0.25) is 4.90 Å². The normalized spacial score (nSPS) is 27.3. The van der Waals surface area contributed by atoms with E-state index in [4.69, 9.17) is 10.5 Å². The number of benzene rings is 1. The second kappa shape index (κ2) is 6.25. The van der Waals surface area contributed by atoms with Crippen molar-refractivity contribution in [1.29, 1.82) is 0 Å². The summed E-state index contributed by atoms with van der Waals surface area (Å²) in [6.45, 7) is 5.85. The van der Waals surface area contributed by atoms with Gasteiger partial charge in [-0.05, 0) is 36.5 Å². The number of fused-ring (bicyclic) bond motifs is 1. The molecule has 110 valence electrons. The van der Waals surface area contributed by atoms with Crippen molar-refractivity contribution in [2.24, 2.45) is 5.73 Å². The topological polar surface area (TPSA) is 38.5 Å². The first-order valence-electron chi connectivity index (χ1n) is 7.92. The molecular formula is C17H26N2O. The lowest BCUT2D eigenvalue weighted by Crippen LogP contribution is -2.52. The molecule has 0 radical (unpaired) electrons. The summed E-state index contributed by atoms with van der Waals surface area (Å²) in [6.07, 6.45) is 5.70. The third-order valence-electron chi connectivity index (χ3n) is 4.86. The number of nitrogens with two attached hydrogens (primary N) is 1. The van der Waals surface area contributed by atoms with Crippen molar-refractivity contribution >= 4 is 0 Å². The number of hydrogen-bond acceptors (Lipinski definition) is 3. The quantitative estimate of drug-likeness (QED) is 0.921. The van der Waals surface area contributed by atoms with Gasteiger partial charge in [0.25, 0.3) is 0 Å². The zero-order valence-corrected chi connectivity index (χ0v) is 12.5. The monoisotopic (exact) mass is 274 g/mol. The first-order valence-corrected chi connectivity index (χ1v) is 7.92. The minimum atomic E-state index is 0.473. The van der Waals surface area contributed by atoms with E-state index in [0.717, 1.165) is 19.7 Å². The van der Waals surface area contributed by atoms with Gasteiger partial charge in [0.05, 0.1) is 12.7 Å². The Hall–Kier alpha value is -0.900. The molecule has 1 heterocycles. The molecule has 0 spiro atoms. The Bertz CT molecular complexity index is 458. The molecule has 3 nitrogen and oxygen atoms in total. The molecule has 3 rings (SSSR count). The lowest BCUT2D eigenvalue weighted by molar-refractivity contribution is -0.0911. The van der Waals surface area contributed by atoms with Gasteiger partial charge in [0.1, 0.15) is 0 Å². The van der Waals surface area contributed by atoms with Crippen LogP contribution in [-0.2, 0) is 17.8 Å². The first kappa shape index (κ1) is 14.1. The van der Waals surface area contributed by atoms with Crippen LogP contribution in [0.25, 0.3) is 0 Å². The summed E-state index contributed by atoms with van der Waals surface area (Å²) < 4.78 is 5.96. The van der Waals surface area contributed by atoms with Crippen molar-refractivity contribution in [2.45, 2.75) is 57.8 Å². The van der Waals surface area contributed by atoms with Crippen LogP contribution < -0.4 is 5.73 Å². The van der Waals surface area contributed by atoms with Gasteiger partial charge in [0.15, 0.2) is 0 Å². The Kier molecular flexibility index (Phi) is 4.39. The van der Waals surface area contributed by atoms with E-state index in [-0.39, 0.29) is 0 Å². The van der Waals surface area contributed by atoms with E-state index < -0.39 is 0 Å². The third kappa shape index (κ3) is 2.90. The molecule has 1 aliphatic carbocycles. The SMILES string of the molecule is Cc1cc(CN)ccc1CN1CCOC2CCCCC21. The van der Waals surface area contributed by atoms with E-state index in [0.29, 0.717) is 18.7 Å². The molecule has 0 amide bonds. The number of ether oxygens (including phenoxy) is 1. The summed E-state index contributed by atoms with van der Waals surface area (Å²) in [5.41, 5.74) is 9.74. The molecule has 20 heavy (non-hydrogen) atoms. The highest BCUT2D eigenvalue weighted by molar-refractivity contribution is 5.31. The minimum Gasteiger partial charge on any atom is -0.375 e. The molecule has 3 heteroatoms. The minimum absolute atomic E-state index is 0.473. The van der Waals surface area contributed by atoms with Crippen molar-refractivity contribution in [1.82, 2.24) is 4.90 Å². The Labute approximate surface area is 122 Å². The summed E-state index contributed by atoms with van der Waals surface area (Å²) in [5.74, 6) is 0. The van der Waals surface area contributed by atoms with Crippen molar-refractivity contribution in [2.75, 3.05) is 13.2 Å². The lowest BCUT2D eigenvalue weighted by atomic mass is 9.89. The highest BCUT2D eigenvalue weighted by Gasteiger charge is 2.34. The van der Waals surface area contributed by atoms with Crippen LogP contribution in [0.3, 0.4) is 0 Å². The summed E-state index contributed by atoms with van der Waals surface area (Å²) in [7, 11) is 0.